The number of piperazine rings is 1. The highest BCUT2D eigenvalue weighted by Crippen LogP contribution is 2.28. The van der Waals surface area contributed by atoms with Crippen LogP contribution in [0.25, 0.3) is 16.5 Å². The van der Waals surface area contributed by atoms with Crippen molar-refractivity contribution in [1.82, 2.24) is 14.7 Å². The van der Waals surface area contributed by atoms with Crippen LogP contribution in [-0.4, -0.2) is 53.9 Å². The van der Waals surface area contributed by atoms with Gasteiger partial charge in [-0.2, -0.15) is 9.78 Å². The molecule has 1 aliphatic rings. The van der Waals surface area contributed by atoms with E-state index in [0.29, 0.717) is 48.3 Å². The topological polar surface area (TPSA) is 67.7 Å². The van der Waals surface area contributed by atoms with Crippen LogP contribution in [0.15, 0.2) is 83.7 Å². The van der Waals surface area contributed by atoms with Gasteiger partial charge in [-0.15, -0.1) is 0 Å². The molecule has 0 saturated carbocycles. The highest BCUT2D eigenvalue weighted by molar-refractivity contribution is 6.05. The molecule has 2 heterocycles. The zero-order valence-corrected chi connectivity index (χ0v) is 18.3. The van der Waals surface area contributed by atoms with Gasteiger partial charge in [-0.05, 0) is 30.3 Å². The number of amides is 1. The Morgan fingerprint density at radius 2 is 1.45 bits per heavy atom. The first-order chi connectivity index (χ1) is 16.2. The largest absolute Gasteiger partial charge is 0.495 e. The molecule has 1 aliphatic heterocycles. The Kier molecular flexibility index (Phi) is 5.52. The van der Waals surface area contributed by atoms with Gasteiger partial charge in [0.15, 0.2) is 5.69 Å². The minimum atomic E-state index is -0.241. The minimum absolute atomic E-state index is 0.171. The minimum Gasteiger partial charge on any atom is -0.495 e. The number of rotatable bonds is 4. The predicted octanol–water partition coefficient (Wildman–Crippen LogP) is 3.36. The molecule has 0 atom stereocenters. The van der Waals surface area contributed by atoms with Crippen molar-refractivity contribution in [2.75, 3.05) is 38.2 Å². The van der Waals surface area contributed by atoms with Crippen LogP contribution < -0.4 is 15.2 Å². The molecule has 166 valence electrons. The molecule has 0 N–H and O–H groups in total. The molecule has 7 nitrogen and oxygen atoms in total. The van der Waals surface area contributed by atoms with Gasteiger partial charge in [0, 0.05) is 31.6 Å². The van der Waals surface area contributed by atoms with Crippen LogP contribution in [-0.2, 0) is 0 Å². The first-order valence-electron chi connectivity index (χ1n) is 10.9. The summed E-state index contributed by atoms with van der Waals surface area (Å²) in [5, 5.41) is 5.58. The lowest BCUT2D eigenvalue weighted by Crippen LogP contribution is -2.49. The van der Waals surface area contributed by atoms with E-state index in [1.807, 2.05) is 60.7 Å². The quantitative estimate of drug-likeness (QED) is 0.487. The lowest BCUT2D eigenvalue weighted by Gasteiger charge is -2.36. The van der Waals surface area contributed by atoms with Gasteiger partial charge in [-0.25, -0.2) is 0 Å². The van der Waals surface area contributed by atoms with Crippen molar-refractivity contribution >= 4 is 22.4 Å². The van der Waals surface area contributed by atoms with E-state index in [1.165, 1.54) is 4.68 Å². The summed E-state index contributed by atoms with van der Waals surface area (Å²) >= 11 is 0. The number of fused-ring (bicyclic) bond motifs is 1. The van der Waals surface area contributed by atoms with Crippen LogP contribution >= 0.6 is 0 Å². The first kappa shape index (κ1) is 20.8. The fraction of sp³-hybridized carbons (Fsp3) is 0.192. The van der Waals surface area contributed by atoms with Gasteiger partial charge in [-0.3, -0.25) is 9.59 Å². The van der Waals surface area contributed by atoms with Crippen LogP contribution in [0.5, 0.6) is 5.75 Å². The van der Waals surface area contributed by atoms with Gasteiger partial charge < -0.3 is 14.5 Å². The maximum atomic E-state index is 13.6. The van der Waals surface area contributed by atoms with Gasteiger partial charge in [0.05, 0.1) is 23.9 Å². The number of nitrogens with zero attached hydrogens (tertiary/aromatic N) is 4. The van der Waals surface area contributed by atoms with Crippen LogP contribution in [0.2, 0.25) is 0 Å². The highest BCUT2D eigenvalue weighted by Gasteiger charge is 2.27. The van der Waals surface area contributed by atoms with Crippen LogP contribution in [0.4, 0.5) is 5.69 Å². The summed E-state index contributed by atoms with van der Waals surface area (Å²) in [7, 11) is 1.66. The number of hydrogen-bond acceptors (Lipinski definition) is 5. The van der Waals surface area contributed by atoms with Crippen molar-refractivity contribution in [3.05, 3.63) is 94.9 Å². The number of ether oxygens (including phenoxy) is 1. The summed E-state index contributed by atoms with van der Waals surface area (Å²) in [6.07, 6.45) is 0. The van der Waals surface area contributed by atoms with E-state index in [0.717, 1.165) is 11.4 Å². The first-order valence-corrected chi connectivity index (χ1v) is 10.9. The van der Waals surface area contributed by atoms with Crippen molar-refractivity contribution in [3.63, 3.8) is 0 Å². The van der Waals surface area contributed by atoms with Crippen LogP contribution in [0.3, 0.4) is 0 Å². The maximum Gasteiger partial charge on any atom is 0.279 e. The third kappa shape index (κ3) is 3.82. The number of hydrogen-bond donors (Lipinski definition) is 0. The Balaban J connectivity index is 1.47. The molecular weight excluding hydrogens is 416 g/mol. The van der Waals surface area contributed by atoms with Crippen LogP contribution in [0, 0.1) is 0 Å². The summed E-state index contributed by atoms with van der Waals surface area (Å²) in [5.74, 6) is 0.649. The number of aromatic nitrogens is 2. The van der Waals surface area contributed by atoms with E-state index >= 15 is 0 Å². The van der Waals surface area contributed by atoms with Gasteiger partial charge in [0.2, 0.25) is 0 Å². The van der Waals surface area contributed by atoms with E-state index in [4.69, 9.17) is 4.74 Å². The molecule has 0 spiro atoms. The summed E-state index contributed by atoms with van der Waals surface area (Å²) in [6, 6.07) is 24.2. The van der Waals surface area contributed by atoms with E-state index in [-0.39, 0.29) is 11.5 Å². The number of carbonyl (C=O) groups excluding carboxylic acids is 1. The second kappa shape index (κ2) is 8.78. The lowest BCUT2D eigenvalue weighted by atomic mass is 10.1. The second-order valence-electron chi connectivity index (χ2n) is 7.90. The number of methoxy groups -OCH3 is 1. The van der Waals surface area contributed by atoms with Crippen molar-refractivity contribution in [2.45, 2.75) is 0 Å². The van der Waals surface area contributed by atoms with Gasteiger partial charge in [-0.1, -0.05) is 48.5 Å². The zero-order valence-electron chi connectivity index (χ0n) is 18.3. The normalized spacial score (nSPS) is 13.8. The molecule has 0 unspecified atom stereocenters. The van der Waals surface area contributed by atoms with Crippen LogP contribution in [0.1, 0.15) is 10.5 Å². The Bertz CT molecular complexity index is 1360. The van der Waals surface area contributed by atoms with Gasteiger partial charge in [0.1, 0.15) is 5.75 Å². The highest BCUT2D eigenvalue weighted by atomic mass is 16.5. The molecule has 1 aromatic heterocycles. The van der Waals surface area contributed by atoms with Crippen molar-refractivity contribution in [3.8, 4) is 11.4 Å². The molecule has 3 aromatic carbocycles. The van der Waals surface area contributed by atoms with E-state index < -0.39 is 0 Å². The molecular formula is C26H24N4O3. The molecule has 7 heteroatoms. The standard InChI is InChI=1S/C26H24N4O3/c1-33-23-14-8-7-13-22(23)28-15-17-29(18-16-28)26(32)24-20-11-5-6-12-21(20)25(31)30(27-24)19-9-3-2-4-10-19/h2-14H,15-18H2,1H3. The molecule has 1 saturated heterocycles. The second-order valence-corrected chi connectivity index (χ2v) is 7.90. The summed E-state index contributed by atoms with van der Waals surface area (Å²) in [4.78, 5) is 30.7. The van der Waals surface area contributed by atoms with Gasteiger partial charge in [0.25, 0.3) is 11.5 Å². The number of benzene rings is 3. The summed E-state index contributed by atoms with van der Waals surface area (Å²) < 4.78 is 6.81. The molecule has 0 bridgehead atoms. The molecule has 0 radical (unpaired) electrons. The fourth-order valence-corrected chi connectivity index (χ4v) is 4.28. The Labute approximate surface area is 191 Å². The number of anilines is 1. The third-order valence-corrected chi connectivity index (χ3v) is 6.00. The van der Waals surface area contributed by atoms with Crippen molar-refractivity contribution in [1.29, 1.82) is 0 Å². The lowest BCUT2D eigenvalue weighted by molar-refractivity contribution is 0.0741. The Hall–Kier alpha value is -4.13. The SMILES string of the molecule is COc1ccccc1N1CCN(C(=O)c2nn(-c3ccccc3)c(=O)c3ccccc23)CC1. The molecule has 5 rings (SSSR count). The van der Waals surface area contributed by atoms with E-state index in [9.17, 15) is 9.59 Å². The third-order valence-electron chi connectivity index (χ3n) is 6.00. The average Bonchev–Trinajstić information content (AvgIpc) is 2.89. The van der Waals surface area contributed by atoms with E-state index in [2.05, 4.69) is 10.00 Å². The van der Waals surface area contributed by atoms with E-state index in [1.54, 1.807) is 30.2 Å². The zero-order chi connectivity index (χ0) is 22.8. The van der Waals surface area contributed by atoms with Crippen molar-refractivity contribution < 1.29 is 9.53 Å². The monoisotopic (exact) mass is 440 g/mol. The molecule has 0 aliphatic carbocycles. The number of para-hydroxylation sites is 3. The Morgan fingerprint density at radius 1 is 0.818 bits per heavy atom. The predicted molar refractivity (Wildman–Crippen MR) is 128 cm³/mol. The molecule has 33 heavy (non-hydrogen) atoms. The van der Waals surface area contributed by atoms with Gasteiger partial charge >= 0.3 is 0 Å². The average molecular weight is 441 g/mol. The molecule has 4 aromatic rings. The fourth-order valence-electron chi connectivity index (χ4n) is 4.28. The van der Waals surface area contributed by atoms with Crippen molar-refractivity contribution in [2.24, 2.45) is 0 Å². The smallest absolute Gasteiger partial charge is 0.279 e. The molecule has 1 amide bonds. The Morgan fingerprint density at radius 3 is 2.18 bits per heavy atom. The maximum absolute atomic E-state index is 13.6. The summed E-state index contributed by atoms with van der Waals surface area (Å²) in [6.45, 7) is 2.47. The number of carbonyl (C=O) groups is 1. The summed E-state index contributed by atoms with van der Waals surface area (Å²) in [5.41, 5.74) is 1.70. The molecule has 1 fully saturated rings.